The molecule has 1 nitrogen and oxygen atoms in total. The second kappa shape index (κ2) is 8.61. The van der Waals surface area contributed by atoms with Gasteiger partial charge in [-0.1, -0.05) is 91.0 Å². The lowest BCUT2D eigenvalue weighted by atomic mass is 9.92. The van der Waals surface area contributed by atoms with Gasteiger partial charge in [0.1, 0.15) is 5.01 Å². The van der Waals surface area contributed by atoms with E-state index in [4.69, 9.17) is 4.98 Å². The van der Waals surface area contributed by atoms with E-state index in [0.29, 0.717) is 5.92 Å². The number of rotatable bonds is 5. The average molecular weight is 414 g/mol. The summed E-state index contributed by atoms with van der Waals surface area (Å²) in [6.07, 6.45) is 4.91. The molecule has 1 aromatic heterocycles. The molecule has 0 unspecified atom stereocenters. The van der Waals surface area contributed by atoms with E-state index in [1.165, 1.54) is 57.2 Å². The van der Waals surface area contributed by atoms with Crippen LogP contribution in [0, 0.1) is 0 Å². The first-order chi connectivity index (χ1) is 14.4. The van der Waals surface area contributed by atoms with Gasteiger partial charge in [0.05, 0.1) is 5.69 Å². The van der Waals surface area contributed by atoms with E-state index in [1.807, 2.05) is 11.3 Å². The smallest absolute Gasteiger partial charge is 0.123 e. The van der Waals surface area contributed by atoms with E-state index >= 15 is 0 Å². The zero-order valence-electron chi connectivity index (χ0n) is 16.4. The summed E-state index contributed by atoms with van der Waals surface area (Å²) in [5.41, 5.74) is 2.62. The van der Waals surface area contributed by atoms with Crippen molar-refractivity contribution in [2.45, 2.75) is 25.2 Å². The van der Waals surface area contributed by atoms with Crippen molar-refractivity contribution in [3.8, 4) is 10.6 Å². The van der Waals surface area contributed by atoms with Crippen molar-refractivity contribution in [2.24, 2.45) is 0 Å². The monoisotopic (exact) mass is 413 g/mol. The zero-order valence-corrected chi connectivity index (χ0v) is 18.1. The Kier molecular flexibility index (Phi) is 5.56. The van der Waals surface area contributed by atoms with Crippen molar-refractivity contribution in [1.82, 2.24) is 4.98 Å². The molecule has 0 fully saturated rings. The van der Waals surface area contributed by atoms with Gasteiger partial charge in [0.15, 0.2) is 0 Å². The van der Waals surface area contributed by atoms with Crippen molar-refractivity contribution in [2.75, 3.05) is 6.16 Å². The van der Waals surface area contributed by atoms with Crippen molar-refractivity contribution in [3.63, 3.8) is 0 Å². The lowest BCUT2D eigenvalue weighted by molar-refractivity contribution is 0.589. The van der Waals surface area contributed by atoms with Gasteiger partial charge in [-0.15, -0.1) is 11.3 Å². The number of benzene rings is 3. The molecule has 1 aliphatic carbocycles. The maximum Gasteiger partial charge on any atom is 0.123 e. The number of aromatic nitrogens is 1. The average Bonchev–Trinajstić information content (AvgIpc) is 3.24. The van der Waals surface area contributed by atoms with Crippen LogP contribution >= 0.6 is 19.3 Å². The van der Waals surface area contributed by atoms with Gasteiger partial charge in [-0.25, -0.2) is 4.98 Å². The standard InChI is InChI=1S/C26H24NPS/c1-4-11-20(12-5-1)26-27-25-21(13-10-18-24(25)29-26)19-28(22-14-6-2-7-15-22)23-16-8-3-9-17-23/h1-9,11-12,14-17,21H,10,13,18-19H2/t21-/m1/s1. The van der Waals surface area contributed by atoms with E-state index in [0.717, 1.165) is 0 Å². The molecule has 0 aliphatic heterocycles. The largest absolute Gasteiger partial charge is 0.241 e. The Bertz CT molecular complexity index is 1020. The third kappa shape index (κ3) is 4.06. The predicted octanol–water partition coefficient (Wildman–Crippen LogP) is 6.36. The zero-order chi connectivity index (χ0) is 19.5. The quantitative estimate of drug-likeness (QED) is 0.347. The van der Waals surface area contributed by atoms with Crippen molar-refractivity contribution < 1.29 is 0 Å². The molecule has 0 radical (unpaired) electrons. The molecule has 144 valence electrons. The second-order valence-corrected chi connectivity index (χ2v) is 10.9. The second-order valence-electron chi connectivity index (χ2n) is 7.56. The van der Waals surface area contributed by atoms with Crippen LogP contribution in [0.1, 0.15) is 29.3 Å². The van der Waals surface area contributed by atoms with Gasteiger partial charge in [0.25, 0.3) is 0 Å². The highest BCUT2D eigenvalue weighted by atomic mass is 32.1. The number of aryl methyl sites for hydroxylation is 1. The summed E-state index contributed by atoms with van der Waals surface area (Å²) < 4.78 is 0. The molecular weight excluding hydrogens is 389 g/mol. The van der Waals surface area contributed by atoms with Gasteiger partial charge in [-0.2, -0.15) is 0 Å². The highest BCUT2D eigenvalue weighted by Crippen LogP contribution is 2.45. The van der Waals surface area contributed by atoms with Gasteiger partial charge < -0.3 is 0 Å². The number of fused-ring (bicyclic) bond motifs is 1. The van der Waals surface area contributed by atoms with Gasteiger partial charge in [-0.05, 0) is 44.0 Å². The summed E-state index contributed by atoms with van der Waals surface area (Å²) in [4.78, 5) is 6.68. The fourth-order valence-corrected chi connectivity index (χ4v) is 7.96. The summed E-state index contributed by atoms with van der Waals surface area (Å²) in [6, 6.07) is 32.8. The Labute approximate surface area is 178 Å². The molecule has 1 heterocycles. The first-order valence-corrected chi connectivity index (χ1v) is 12.7. The minimum absolute atomic E-state index is 0.379. The van der Waals surface area contributed by atoms with Crippen LogP contribution in [0.25, 0.3) is 10.6 Å². The normalized spacial score (nSPS) is 16.0. The number of thiazole rings is 1. The molecule has 0 spiro atoms. The van der Waals surface area contributed by atoms with Crippen LogP contribution in [0.3, 0.4) is 0 Å². The van der Waals surface area contributed by atoms with E-state index in [9.17, 15) is 0 Å². The van der Waals surface area contributed by atoms with Crippen LogP contribution in [-0.2, 0) is 6.42 Å². The van der Waals surface area contributed by atoms with Crippen LogP contribution in [0.4, 0.5) is 0 Å². The Balaban J connectivity index is 1.49. The molecule has 3 heteroatoms. The Morgan fingerprint density at radius 2 is 1.38 bits per heavy atom. The van der Waals surface area contributed by atoms with Crippen LogP contribution < -0.4 is 10.6 Å². The van der Waals surface area contributed by atoms with Gasteiger partial charge in [0.2, 0.25) is 0 Å². The molecule has 0 N–H and O–H groups in total. The SMILES string of the molecule is c1ccc(-c2nc3c(s2)CCC[C@@H]3CP(c2ccccc2)c2ccccc2)cc1. The maximum absolute atomic E-state index is 5.17. The topological polar surface area (TPSA) is 12.9 Å². The van der Waals surface area contributed by atoms with Gasteiger partial charge >= 0.3 is 0 Å². The lowest BCUT2D eigenvalue weighted by Gasteiger charge is -2.27. The molecule has 0 bridgehead atoms. The summed E-state index contributed by atoms with van der Waals surface area (Å²) >= 11 is 1.91. The Morgan fingerprint density at radius 1 is 0.793 bits per heavy atom. The summed E-state index contributed by atoms with van der Waals surface area (Å²) in [6.45, 7) is 0. The highest BCUT2D eigenvalue weighted by Gasteiger charge is 2.28. The summed E-state index contributed by atoms with van der Waals surface area (Å²) in [5, 5.41) is 4.13. The van der Waals surface area contributed by atoms with Crippen LogP contribution in [0.2, 0.25) is 0 Å². The van der Waals surface area contributed by atoms with E-state index in [-0.39, 0.29) is 7.92 Å². The molecule has 1 aliphatic rings. The fraction of sp³-hybridized carbons (Fsp3) is 0.192. The van der Waals surface area contributed by atoms with Crippen molar-refractivity contribution in [1.29, 1.82) is 0 Å². The third-order valence-electron chi connectivity index (χ3n) is 5.63. The molecule has 3 aromatic carbocycles. The molecule has 29 heavy (non-hydrogen) atoms. The highest BCUT2D eigenvalue weighted by molar-refractivity contribution is 7.73. The minimum Gasteiger partial charge on any atom is -0.241 e. The van der Waals surface area contributed by atoms with Crippen molar-refractivity contribution >= 4 is 29.9 Å². The number of hydrogen-bond donors (Lipinski definition) is 0. The molecule has 0 saturated carbocycles. The van der Waals surface area contributed by atoms with Gasteiger partial charge in [0, 0.05) is 16.4 Å². The molecular formula is C26H24NPS. The predicted molar refractivity (Wildman–Crippen MR) is 127 cm³/mol. The fourth-order valence-electron chi connectivity index (χ4n) is 4.19. The number of nitrogens with zero attached hydrogens (tertiary/aromatic N) is 1. The van der Waals surface area contributed by atoms with E-state index in [2.05, 4.69) is 91.0 Å². The molecule has 0 saturated heterocycles. The molecule has 1 atom stereocenters. The minimum atomic E-state index is -0.379. The third-order valence-corrected chi connectivity index (χ3v) is 9.46. The van der Waals surface area contributed by atoms with Crippen LogP contribution in [0.5, 0.6) is 0 Å². The maximum atomic E-state index is 5.17. The van der Waals surface area contributed by atoms with Crippen molar-refractivity contribution in [3.05, 3.63) is 102 Å². The molecule has 0 amide bonds. The van der Waals surface area contributed by atoms with E-state index in [1.54, 1.807) is 0 Å². The lowest BCUT2D eigenvalue weighted by Crippen LogP contribution is -2.20. The number of hydrogen-bond acceptors (Lipinski definition) is 2. The Hall–Kier alpha value is -2.28. The molecule has 4 aromatic rings. The van der Waals surface area contributed by atoms with Crippen LogP contribution in [0.15, 0.2) is 91.0 Å². The summed E-state index contributed by atoms with van der Waals surface area (Å²) in [7, 11) is -0.379. The molecule has 5 rings (SSSR count). The first kappa shape index (κ1) is 18.7. The van der Waals surface area contributed by atoms with Gasteiger partial charge in [-0.3, -0.25) is 0 Å². The first-order valence-electron chi connectivity index (χ1n) is 10.3. The Morgan fingerprint density at radius 3 is 2.00 bits per heavy atom. The van der Waals surface area contributed by atoms with Crippen LogP contribution in [-0.4, -0.2) is 11.1 Å². The van der Waals surface area contributed by atoms with E-state index < -0.39 is 0 Å². The summed E-state index contributed by atoms with van der Waals surface area (Å²) in [5.74, 6) is 0.555.